The van der Waals surface area contributed by atoms with E-state index in [1.165, 1.54) is 61.3 Å². The highest BCUT2D eigenvalue weighted by Gasteiger charge is 2.13. The predicted octanol–water partition coefficient (Wildman–Crippen LogP) is 11.2. The lowest BCUT2D eigenvalue weighted by Gasteiger charge is -2.18. The number of aliphatic imine (C=N–C) groups is 1. The second-order valence-electron chi connectivity index (χ2n) is 13.2. The smallest absolute Gasteiger partial charge is 0.0930 e. The Balaban J connectivity index is 1.31. The van der Waals surface area contributed by atoms with E-state index in [1.807, 2.05) is 6.34 Å². The van der Waals surface area contributed by atoms with Crippen LogP contribution in [0.15, 0.2) is 151 Å². The summed E-state index contributed by atoms with van der Waals surface area (Å²) in [6.45, 7) is 4.44. The van der Waals surface area contributed by atoms with Gasteiger partial charge in [-0.25, -0.2) is 4.99 Å². The van der Waals surface area contributed by atoms with Crippen LogP contribution in [0.2, 0.25) is 0 Å². The van der Waals surface area contributed by atoms with E-state index in [9.17, 15) is 0 Å². The van der Waals surface area contributed by atoms with Gasteiger partial charge in [0.2, 0.25) is 0 Å². The molecular weight excluding hydrogens is 593 g/mol. The average molecular weight is 641 g/mol. The summed E-state index contributed by atoms with van der Waals surface area (Å²) in [5.74, 6) is 0. The van der Waals surface area contributed by atoms with Crippen molar-refractivity contribution in [1.29, 1.82) is 0 Å². The molecule has 0 aromatic heterocycles. The van der Waals surface area contributed by atoms with E-state index in [0.717, 1.165) is 57.1 Å². The molecule has 0 atom stereocenters. The highest BCUT2D eigenvalue weighted by molar-refractivity contribution is 5.82. The fourth-order valence-electron chi connectivity index (χ4n) is 6.86. The molecule has 0 aliphatic carbocycles. The normalized spacial score (nSPS) is 11.2. The van der Waals surface area contributed by atoms with Crippen LogP contribution in [-0.4, -0.2) is 6.34 Å². The standard InChI is InChI=1S/C47H48N2/c1-36-31-42(27-23-38-15-7-3-8-16-38)46(43(32-36)28-24-39-17-9-4-10-18-39)48-35-49-47-44(29-25-40-19-11-5-12-20-40)33-37(2)34-45(47)30-26-41-21-13-6-14-22-41/h3-22,31-35H,23-30H2,1-2H3,(H,48,49). The Kier molecular flexibility index (Phi) is 11.9. The van der Waals surface area contributed by atoms with Crippen LogP contribution in [0.25, 0.3) is 0 Å². The Labute approximate surface area is 293 Å². The molecule has 0 amide bonds. The maximum Gasteiger partial charge on any atom is 0.0930 e. The van der Waals surface area contributed by atoms with Gasteiger partial charge in [0.25, 0.3) is 0 Å². The van der Waals surface area contributed by atoms with E-state index < -0.39 is 0 Å². The van der Waals surface area contributed by atoms with Crippen molar-refractivity contribution in [3.63, 3.8) is 0 Å². The van der Waals surface area contributed by atoms with Crippen LogP contribution < -0.4 is 5.32 Å². The number of aryl methyl sites for hydroxylation is 10. The average Bonchev–Trinajstić information content (AvgIpc) is 3.14. The van der Waals surface area contributed by atoms with Crippen molar-refractivity contribution in [3.05, 3.63) is 201 Å². The summed E-state index contributed by atoms with van der Waals surface area (Å²) >= 11 is 0. The lowest BCUT2D eigenvalue weighted by Crippen LogP contribution is -2.07. The van der Waals surface area contributed by atoms with Gasteiger partial charge in [-0.15, -0.1) is 0 Å². The molecule has 0 heterocycles. The number of nitrogens with zero attached hydrogens (tertiary/aromatic N) is 1. The number of benzene rings is 6. The lowest BCUT2D eigenvalue weighted by molar-refractivity contribution is 0.926. The summed E-state index contributed by atoms with van der Waals surface area (Å²) in [6.07, 6.45) is 9.78. The Bertz CT molecular complexity index is 1800. The predicted molar refractivity (Wildman–Crippen MR) is 210 cm³/mol. The van der Waals surface area contributed by atoms with Gasteiger partial charge in [-0.2, -0.15) is 0 Å². The third-order valence-electron chi connectivity index (χ3n) is 9.36. The first-order chi connectivity index (χ1) is 24.1. The lowest BCUT2D eigenvalue weighted by atomic mass is 9.94. The molecule has 0 radical (unpaired) electrons. The van der Waals surface area contributed by atoms with Crippen LogP contribution in [0.1, 0.15) is 55.6 Å². The largest absolute Gasteiger partial charge is 0.346 e. The fraction of sp³-hybridized carbons (Fsp3) is 0.213. The van der Waals surface area contributed by atoms with Crippen molar-refractivity contribution in [2.75, 3.05) is 5.32 Å². The highest BCUT2D eigenvalue weighted by Crippen LogP contribution is 2.31. The minimum absolute atomic E-state index is 0.950. The number of hydrogen-bond donors (Lipinski definition) is 1. The molecule has 0 saturated heterocycles. The Morgan fingerprint density at radius 2 is 0.714 bits per heavy atom. The van der Waals surface area contributed by atoms with Gasteiger partial charge in [0.1, 0.15) is 0 Å². The molecule has 6 aromatic rings. The number of anilines is 1. The Morgan fingerprint density at radius 1 is 0.408 bits per heavy atom. The molecule has 2 nitrogen and oxygen atoms in total. The molecule has 0 unspecified atom stereocenters. The van der Waals surface area contributed by atoms with Crippen LogP contribution in [-0.2, 0) is 51.4 Å². The van der Waals surface area contributed by atoms with Gasteiger partial charge in [-0.05, 0) is 110 Å². The third-order valence-corrected chi connectivity index (χ3v) is 9.36. The Hall–Kier alpha value is -5.21. The van der Waals surface area contributed by atoms with Crippen molar-refractivity contribution in [2.24, 2.45) is 4.99 Å². The molecule has 49 heavy (non-hydrogen) atoms. The van der Waals surface area contributed by atoms with Crippen molar-refractivity contribution in [2.45, 2.75) is 65.2 Å². The van der Waals surface area contributed by atoms with Crippen molar-refractivity contribution in [1.82, 2.24) is 0 Å². The first kappa shape index (κ1) is 33.7. The zero-order valence-corrected chi connectivity index (χ0v) is 29.0. The molecule has 6 aromatic carbocycles. The summed E-state index contributed by atoms with van der Waals surface area (Å²) in [6, 6.07) is 52.6. The highest BCUT2D eigenvalue weighted by atomic mass is 15.0. The maximum absolute atomic E-state index is 5.27. The van der Waals surface area contributed by atoms with Gasteiger partial charge >= 0.3 is 0 Å². The zero-order chi connectivity index (χ0) is 33.7. The quantitative estimate of drug-likeness (QED) is 0.0876. The molecule has 0 aliphatic heterocycles. The first-order valence-electron chi connectivity index (χ1n) is 17.8. The van der Waals surface area contributed by atoms with Gasteiger partial charge < -0.3 is 5.32 Å². The molecule has 0 saturated carbocycles. The number of hydrogen-bond acceptors (Lipinski definition) is 1. The van der Waals surface area contributed by atoms with E-state index in [2.05, 4.69) is 165 Å². The van der Waals surface area contributed by atoms with Crippen molar-refractivity contribution in [3.8, 4) is 0 Å². The van der Waals surface area contributed by atoms with E-state index in [0.29, 0.717) is 0 Å². The summed E-state index contributed by atoms with van der Waals surface area (Å²) in [4.78, 5) is 5.27. The van der Waals surface area contributed by atoms with Gasteiger partial charge in [0.15, 0.2) is 0 Å². The van der Waals surface area contributed by atoms with Gasteiger partial charge in [0.05, 0.1) is 12.0 Å². The van der Waals surface area contributed by atoms with E-state index in [1.54, 1.807) is 0 Å². The third kappa shape index (κ3) is 9.90. The van der Waals surface area contributed by atoms with Crippen LogP contribution >= 0.6 is 0 Å². The van der Waals surface area contributed by atoms with E-state index >= 15 is 0 Å². The molecular formula is C47H48N2. The maximum atomic E-state index is 5.27. The summed E-state index contributed by atoms with van der Waals surface area (Å²) in [5.41, 5.74) is 15.6. The molecule has 246 valence electrons. The molecule has 0 spiro atoms. The molecule has 0 aliphatic rings. The SMILES string of the molecule is Cc1cc(CCc2ccccc2)c(N=CNc2c(CCc3ccccc3)cc(C)cc2CCc2ccccc2)c(CCc2ccccc2)c1. The fourth-order valence-corrected chi connectivity index (χ4v) is 6.86. The first-order valence-corrected chi connectivity index (χ1v) is 17.8. The minimum atomic E-state index is 0.950. The Morgan fingerprint density at radius 3 is 1.06 bits per heavy atom. The molecule has 0 fully saturated rings. The van der Waals surface area contributed by atoms with Gasteiger partial charge in [0, 0.05) is 5.69 Å². The van der Waals surface area contributed by atoms with Crippen LogP contribution in [0.5, 0.6) is 0 Å². The second kappa shape index (κ2) is 17.3. The second-order valence-corrected chi connectivity index (χ2v) is 13.2. The van der Waals surface area contributed by atoms with Crippen LogP contribution in [0.3, 0.4) is 0 Å². The summed E-state index contributed by atoms with van der Waals surface area (Å²) in [7, 11) is 0. The van der Waals surface area contributed by atoms with Crippen LogP contribution in [0, 0.1) is 13.8 Å². The van der Waals surface area contributed by atoms with Crippen molar-refractivity contribution >= 4 is 17.7 Å². The van der Waals surface area contributed by atoms with E-state index in [4.69, 9.17) is 4.99 Å². The van der Waals surface area contributed by atoms with Gasteiger partial charge in [-0.3, -0.25) is 0 Å². The molecule has 2 heteroatoms. The number of nitrogens with one attached hydrogen (secondary N) is 1. The minimum Gasteiger partial charge on any atom is -0.346 e. The number of rotatable bonds is 15. The molecule has 0 bridgehead atoms. The summed E-state index contributed by atoms with van der Waals surface area (Å²) < 4.78 is 0. The zero-order valence-electron chi connectivity index (χ0n) is 29.0. The van der Waals surface area contributed by atoms with Gasteiger partial charge in [-0.1, -0.05) is 157 Å². The molecule has 6 rings (SSSR count). The monoisotopic (exact) mass is 640 g/mol. The topological polar surface area (TPSA) is 24.4 Å². The molecule has 1 N–H and O–H groups in total. The van der Waals surface area contributed by atoms with Crippen LogP contribution in [0.4, 0.5) is 11.4 Å². The van der Waals surface area contributed by atoms with Crippen molar-refractivity contribution < 1.29 is 0 Å². The summed E-state index contributed by atoms with van der Waals surface area (Å²) in [5, 5.41) is 3.76. The van der Waals surface area contributed by atoms with E-state index in [-0.39, 0.29) is 0 Å².